The third kappa shape index (κ3) is 4.21. The van der Waals surface area contributed by atoms with Crippen molar-refractivity contribution >= 4 is 32.9 Å². The van der Waals surface area contributed by atoms with E-state index in [1.54, 1.807) is 0 Å². The summed E-state index contributed by atoms with van der Waals surface area (Å²) in [7, 11) is -2.18. The Kier molecular flexibility index (Phi) is 5.00. The molecule has 0 spiro atoms. The van der Waals surface area contributed by atoms with Crippen molar-refractivity contribution in [3.63, 3.8) is 0 Å². The van der Waals surface area contributed by atoms with Crippen molar-refractivity contribution in [1.29, 1.82) is 0 Å². The van der Waals surface area contributed by atoms with Gasteiger partial charge in [0.1, 0.15) is 10.8 Å². The maximum Gasteiger partial charge on any atom is 0.235 e. The molecule has 0 aliphatic heterocycles. The van der Waals surface area contributed by atoms with Crippen LogP contribution in [0.4, 0.5) is 10.1 Å². The van der Waals surface area contributed by atoms with Gasteiger partial charge in [-0.3, -0.25) is 4.72 Å². The van der Waals surface area contributed by atoms with Crippen molar-refractivity contribution in [1.82, 2.24) is 0 Å². The van der Waals surface area contributed by atoms with E-state index in [-0.39, 0.29) is 28.6 Å². The molecule has 0 aliphatic carbocycles. The molecule has 3 N–H and O–H groups in total. The second kappa shape index (κ2) is 6.07. The molecule has 1 aromatic carbocycles. The maximum absolute atomic E-state index is 13.0. The summed E-state index contributed by atoms with van der Waals surface area (Å²) in [6, 6.07) is 3.47. The summed E-state index contributed by atoms with van der Waals surface area (Å²) in [5.74, 6) is -0.755. The number of ether oxygens (including phenoxy) is 1. The van der Waals surface area contributed by atoms with E-state index in [1.165, 1.54) is 13.2 Å². The van der Waals surface area contributed by atoms with E-state index in [0.29, 0.717) is 0 Å². The Hall–Kier alpha value is -1.25. The van der Waals surface area contributed by atoms with Crippen LogP contribution >= 0.6 is 12.2 Å². The Balaban J connectivity index is 3.01. The number of rotatable bonds is 6. The molecule has 100 valence electrons. The van der Waals surface area contributed by atoms with Crippen LogP contribution in [0, 0.1) is 5.82 Å². The normalized spacial score (nSPS) is 11.2. The summed E-state index contributed by atoms with van der Waals surface area (Å²) in [5.41, 5.74) is 5.70. The van der Waals surface area contributed by atoms with E-state index in [2.05, 4.69) is 9.46 Å². The van der Waals surface area contributed by atoms with Crippen molar-refractivity contribution in [3.05, 3.63) is 29.6 Å². The lowest BCUT2D eigenvalue weighted by Gasteiger charge is -2.11. The molecule has 0 saturated carbocycles. The van der Waals surface area contributed by atoms with Crippen molar-refractivity contribution in [2.45, 2.75) is 0 Å². The van der Waals surface area contributed by atoms with Gasteiger partial charge in [-0.25, -0.2) is 12.8 Å². The second-order valence-corrected chi connectivity index (χ2v) is 5.75. The van der Waals surface area contributed by atoms with Crippen LogP contribution in [0.2, 0.25) is 0 Å². The molecule has 18 heavy (non-hydrogen) atoms. The predicted octanol–water partition coefficient (Wildman–Crippen LogP) is 0.848. The first-order valence-electron chi connectivity index (χ1n) is 4.94. The quantitative estimate of drug-likeness (QED) is 0.760. The molecule has 0 aromatic heterocycles. The first-order valence-corrected chi connectivity index (χ1v) is 7.00. The number of thiocarbonyl (C=S) groups is 1. The number of hydrogen-bond acceptors (Lipinski definition) is 4. The SMILES string of the molecule is COCCS(=O)(=O)Nc1ccc(F)cc1C(N)=S. The summed E-state index contributed by atoms with van der Waals surface area (Å²) in [6.07, 6.45) is 0. The zero-order chi connectivity index (χ0) is 13.8. The van der Waals surface area contributed by atoms with Gasteiger partial charge in [0.2, 0.25) is 10.0 Å². The molecule has 0 unspecified atom stereocenters. The van der Waals surface area contributed by atoms with E-state index in [9.17, 15) is 12.8 Å². The molecule has 1 rings (SSSR count). The van der Waals surface area contributed by atoms with Gasteiger partial charge >= 0.3 is 0 Å². The fourth-order valence-electron chi connectivity index (χ4n) is 1.22. The zero-order valence-electron chi connectivity index (χ0n) is 9.64. The predicted molar refractivity (Wildman–Crippen MR) is 71.6 cm³/mol. The van der Waals surface area contributed by atoms with Gasteiger partial charge in [0.25, 0.3) is 0 Å². The monoisotopic (exact) mass is 292 g/mol. The molecule has 0 fully saturated rings. The lowest BCUT2D eigenvalue weighted by Crippen LogP contribution is -2.22. The average molecular weight is 292 g/mol. The van der Waals surface area contributed by atoms with E-state index >= 15 is 0 Å². The zero-order valence-corrected chi connectivity index (χ0v) is 11.3. The molecule has 0 radical (unpaired) electrons. The maximum atomic E-state index is 13.0. The number of sulfonamides is 1. The molecule has 8 heteroatoms. The third-order valence-electron chi connectivity index (χ3n) is 2.07. The van der Waals surface area contributed by atoms with Gasteiger partial charge in [0.05, 0.1) is 18.0 Å². The third-order valence-corrected chi connectivity index (χ3v) is 3.52. The van der Waals surface area contributed by atoms with Crippen LogP contribution in [0.15, 0.2) is 18.2 Å². The number of benzene rings is 1. The van der Waals surface area contributed by atoms with Crippen LogP contribution in [-0.4, -0.2) is 32.9 Å². The molecule has 0 aliphatic rings. The van der Waals surface area contributed by atoms with Crippen LogP contribution in [0.3, 0.4) is 0 Å². The standard InChI is InChI=1S/C10H13FN2O3S2/c1-16-4-5-18(14,15)13-9-3-2-7(11)6-8(9)10(12)17/h2-3,6,13H,4-5H2,1H3,(H2,12,17). The Labute approximate surface area is 110 Å². The highest BCUT2D eigenvalue weighted by atomic mass is 32.2. The highest BCUT2D eigenvalue weighted by Crippen LogP contribution is 2.18. The fourth-order valence-corrected chi connectivity index (χ4v) is 2.39. The largest absolute Gasteiger partial charge is 0.389 e. The minimum absolute atomic E-state index is 0.0545. The fraction of sp³-hybridized carbons (Fsp3) is 0.300. The van der Waals surface area contributed by atoms with Gasteiger partial charge in [0, 0.05) is 12.7 Å². The van der Waals surface area contributed by atoms with Crippen LogP contribution < -0.4 is 10.5 Å². The second-order valence-electron chi connectivity index (χ2n) is 3.47. The van der Waals surface area contributed by atoms with E-state index in [1.807, 2.05) is 0 Å². The van der Waals surface area contributed by atoms with E-state index in [0.717, 1.165) is 12.1 Å². The van der Waals surface area contributed by atoms with Gasteiger partial charge < -0.3 is 10.5 Å². The Morgan fingerprint density at radius 3 is 2.78 bits per heavy atom. The lowest BCUT2D eigenvalue weighted by atomic mass is 10.2. The van der Waals surface area contributed by atoms with Gasteiger partial charge in [-0.05, 0) is 18.2 Å². The topological polar surface area (TPSA) is 81.4 Å². The van der Waals surface area contributed by atoms with Gasteiger partial charge in [-0.2, -0.15) is 0 Å². The summed E-state index contributed by atoms with van der Waals surface area (Å²) in [5, 5.41) is 0. The summed E-state index contributed by atoms with van der Waals surface area (Å²) in [4.78, 5) is -0.0843. The smallest absolute Gasteiger partial charge is 0.235 e. The Morgan fingerprint density at radius 1 is 1.56 bits per heavy atom. The molecule has 0 saturated heterocycles. The van der Waals surface area contributed by atoms with E-state index in [4.69, 9.17) is 18.0 Å². The molecule has 0 bridgehead atoms. The number of halogens is 1. The number of anilines is 1. The van der Waals surface area contributed by atoms with Gasteiger partial charge in [-0.15, -0.1) is 0 Å². The van der Waals surface area contributed by atoms with Crippen LogP contribution in [0.5, 0.6) is 0 Å². The van der Waals surface area contributed by atoms with Gasteiger partial charge in [0.15, 0.2) is 0 Å². The lowest BCUT2D eigenvalue weighted by molar-refractivity contribution is 0.217. The van der Waals surface area contributed by atoms with Crippen LogP contribution in [0.1, 0.15) is 5.56 Å². The summed E-state index contributed by atoms with van der Waals surface area (Å²) >= 11 is 4.74. The number of nitrogens with one attached hydrogen (secondary N) is 1. The number of hydrogen-bond donors (Lipinski definition) is 2. The Bertz CT molecular complexity index is 546. The van der Waals surface area contributed by atoms with Crippen molar-refractivity contribution in [2.75, 3.05) is 24.2 Å². The van der Waals surface area contributed by atoms with Crippen LogP contribution in [0.25, 0.3) is 0 Å². The average Bonchev–Trinajstić information content (AvgIpc) is 2.28. The van der Waals surface area contributed by atoms with Crippen molar-refractivity contribution in [2.24, 2.45) is 5.73 Å². The summed E-state index contributed by atoms with van der Waals surface area (Å²) in [6.45, 7) is 0.0545. The molecule has 1 aromatic rings. The molecular weight excluding hydrogens is 279 g/mol. The molecule has 0 atom stereocenters. The van der Waals surface area contributed by atoms with E-state index < -0.39 is 15.8 Å². The minimum Gasteiger partial charge on any atom is -0.389 e. The molecule has 0 amide bonds. The summed E-state index contributed by atoms with van der Waals surface area (Å²) < 4.78 is 43.3. The minimum atomic E-state index is -3.58. The molecule has 5 nitrogen and oxygen atoms in total. The number of nitrogens with two attached hydrogens (primary N) is 1. The van der Waals surface area contributed by atoms with Gasteiger partial charge in [-0.1, -0.05) is 12.2 Å². The highest BCUT2D eigenvalue weighted by Gasteiger charge is 2.14. The first-order chi connectivity index (χ1) is 8.35. The van der Waals surface area contributed by atoms with Crippen LogP contribution in [-0.2, 0) is 14.8 Å². The first kappa shape index (κ1) is 14.8. The number of methoxy groups -OCH3 is 1. The molecular formula is C10H13FN2O3S2. The van der Waals surface area contributed by atoms with Crippen molar-refractivity contribution < 1.29 is 17.5 Å². The highest BCUT2D eigenvalue weighted by molar-refractivity contribution is 7.92. The molecule has 0 heterocycles. The van der Waals surface area contributed by atoms with Crippen molar-refractivity contribution in [3.8, 4) is 0 Å². The Morgan fingerprint density at radius 2 is 2.22 bits per heavy atom.